The van der Waals surface area contributed by atoms with Gasteiger partial charge in [0.1, 0.15) is 5.75 Å². The van der Waals surface area contributed by atoms with E-state index in [9.17, 15) is 14.7 Å². The Morgan fingerprint density at radius 3 is 2.70 bits per heavy atom. The lowest BCUT2D eigenvalue weighted by Gasteiger charge is -2.48. The van der Waals surface area contributed by atoms with E-state index in [2.05, 4.69) is 26.0 Å². The minimum absolute atomic E-state index is 0.0591. The molecule has 3 aliphatic rings. The van der Waals surface area contributed by atoms with Gasteiger partial charge in [0.2, 0.25) is 5.76 Å². The van der Waals surface area contributed by atoms with Crippen LogP contribution in [0.3, 0.4) is 0 Å². The number of allylic oxidation sites excluding steroid dienone is 1. The third kappa shape index (κ3) is 4.08. The fraction of sp³-hybridized carbons (Fsp3) is 0.643. The lowest BCUT2D eigenvalue weighted by molar-refractivity contribution is -0.142. The zero-order valence-electron chi connectivity index (χ0n) is 20.5. The molecule has 3 aliphatic carbocycles. The number of unbranched alkanes of at least 4 members (excludes halogenated alkanes) is 1. The van der Waals surface area contributed by atoms with Crippen LogP contribution < -0.4 is 4.74 Å². The molecule has 0 amide bonds. The smallest absolute Gasteiger partial charge is 0.373 e. The van der Waals surface area contributed by atoms with Crippen molar-refractivity contribution < 1.29 is 24.2 Å². The Kier molecular flexibility index (Phi) is 6.88. The molecule has 4 rings (SSSR count). The number of hydrogen-bond acceptors (Lipinski definition) is 5. The molecule has 0 aromatic heterocycles. The number of rotatable bonds is 7. The molecule has 0 radical (unpaired) electrons. The summed E-state index contributed by atoms with van der Waals surface area (Å²) in [6, 6.07) is 4.63. The van der Waals surface area contributed by atoms with Crippen LogP contribution >= 0.6 is 0 Å². The number of esters is 1. The topological polar surface area (TPSA) is 72.8 Å². The van der Waals surface area contributed by atoms with Gasteiger partial charge in [0.25, 0.3) is 0 Å². The Morgan fingerprint density at radius 1 is 1.21 bits per heavy atom. The summed E-state index contributed by atoms with van der Waals surface area (Å²) in [6.45, 7) is 9.03. The molecule has 1 N–H and O–H groups in total. The molecule has 1 aromatic carbocycles. The van der Waals surface area contributed by atoms with Crippen LogP contribution in [0.15, 0.2) is 23.5 Å². The van der Waals surface area contributed by atoms with Crippen molar-refractivity contribution in [3.05, 3.63) is 40.2 Å². The summed E-state index contributed by atoms with van der Waals surface area (Å²) in [5.41, 5.74) is 3.85. The number of carbonyl (C=O) groups excluding carboxylic acids is 2. The molecule has 3 unspecified atom stereocenters. The second kappa shape index (κ2) is 9.52. The second-order valence-electron chi connectivity index (χ2n) is 10.2. The maximum absolute atomic E-state index is 13.4. The van der Waals surface area contributed by atoms with Crippen molar-refractivity contribution in [2.24, 2.45) is 17.3 Å². The highest BCUT2D eigenvalue weighted by molar-refractivity contribution is 6.07. The first-order chi connectivity index (χ1) is 15.8. The molecule has 1 aromatic rings. The first kappa shape index (κ1) is 23.8. The highest BCUT2D eigenvalue weighted by Gasteiger charge is 2.57. The van der Waals surface area contributed by atoms with E-state index >= 15 is 0 Å². The number of fused-ring (bicyclic) bond motifs is 5. The number of aliphatic hydroxyl groups excluding tert-OH is 1. The van der Waals surface area contributed by atoms with Crippen LogP contribution in [0.2, 0.25) is 0 Å². The van der Waals surface area contributed by atoms with Gasteiger partial charge in [-0.05, 0) is 92.4 Å². The molecule has 5 nitrogen and oxygen atoms in total. The van der Waals surface area contributed by atoms with Gasteiger partial charge in [-0.25, -0.2) is 4.79 Å². The number of carbonyl (C=O) groups is 2. The van der Waals surface area contributed by atoms with Crippen molar-refractivity contribution in [1.29, 1.82) is 0 Å². The maximum atomic E-state index is 13.4. The van der Waals surface area contributed by atoms with E-state index in [0.717, 1.165) is 57.3 Å². The Hall–Kier alpha value is -2.30. The average molecular weight is 455 g/mol. The van der Waals surface area contributed by atoms with E-state index in [1.54, 1.807) is 6.92 Å². The normalized spacial score (nSPS) is 29.7. The molecule has 0 spiro atoms. The SMILES string of the molecule is CCCCOc1cc2c(cc1CC)C1CC[C@]3(C)C(=O)/C(=C(\O)C(=O)OCC)CC3C1CC2. The van der Waals surface area contributed by atoms with Crippen LogP contribution in [0.5, 0.6) is 5.75 Å². The molecule has 0 bridgehead atoms. The number of benzene rings is 1. The molecule has 0 saturated heterocycles. The van der Waals surface area contributed by atoms with Gasteiger partial charge in [-0.15, -0.1) is 0 Å². The van der Waals surface area contributed by atoms with Gasteiger partial charge in [-0.2, -0.15) is 0 Å². The zero-order chi connectivity index (χ0) is 23.8. The van der Waals surface area contributed by atoms with Gasteiger partial charge in [0.05, 0.1) is 13.2 Å². The van der Waals surface area contributed by atoms with Crippen LogP contribution in [0.1, 0.15) is 88.8 Å². The molecular weight excluding hydrogens is 416 g/mol. The van der Waals surface area contributed by atoms with Crippen LogP contribution in [0.25, 0.3) is 0 Å². The minimum Gasteiger partial charge on any atom is -0.502 e. The molecule has 2 fully saturated rings. The molecule has 2 saturated carbocycles. The quantitative estimate of drug-likeness (QED) is 0.243. The fourth-order valence-corrected chi connectivity index (χ4v) is 6.55. The number of ketones is 1. The fourth-order valence-electron chi connectivity index (χ4n) is 6.55. The third-order valence-electron chi connectivity index (χ3n) is 8.40. The molecule has 33 heavy (non-hydrogen) atoms. The van der Waals surface area contributed by atoms with E-state index in [1.807, 2.05) is 6.92 Å². The standard InChI is InChI=1S/C28H38O5/c1-5-8-13-33-24-15-18-9-10-20-19(21(18)14-17(24)6-2)11-12-28(4)23(20)16-22(26(28)30)25(29)27(31)32-7-3/h14-15,19-20,23,29H,5-13,16H2,1-4H3/b25-22-/t19?,20?,23?,28-/m0/s1. The largest absolute Gasteiger partial charge is 0.502 e. The molecular formula is C28H38O5. The summed E-state index contributed by atoms with van der Waals surface area (Å²) in [5, 5.41) is 10.5. The monoisotopic (exact) mass is 454 g/mol. The third-order valence-corrected chi connectivity index (χ3v) is 8.40. The zero-order valence-corrected chi connectivity index (χ0v) is 20.5. The Balaban J connectivity index is 1.64. The van der Waals surface area contributed by atoms with Gasteiger partial charge < -0.3 is 14.6 Å². The highest BCUT2D eigenvalue weighted by atomic mass is 16.5. The molecule has 4 atom stereocenters. The van der Waals surface area contributed by atoms with Crippen molar-refractivity contribution in [2.45, 2.75) is 85.0 Å². The Morgan fingerprint density at radius 2 is 2.00 bits per heavy atom. The van der Waals surface area contributed by atoms with Crippen LogP contribution in [0.4, 0.5) is 0 Å². The van der Waals surface area contributed by atoms with Gasteiger partial charge in [0.15, 0.2) is 5.78 Å². The number of ether oxygens (including phenoxy) is 2. The van der Waals surface area contributed by atoms with Gasteiger partial charge in [-0.1, -0.05) is 33.3 Å². The number of aliphatic hydroxyl groups is 1. The van der Waals surface area contributed by atoms with Crippen LogP contribution in [-0.2, 0) is 27.2 Å². The lowest BCUT2D eigenvalue weighted by Crippen LogP contribution is -2.42. The van der Waals surface area contributed by atoms with Crippen molar-refractivity contribution in [3.63, 3.8) is 0 Å². The van der Waals surface area contributed by atoms with Crippen LogP contribution in [-0.4, -0.2) is 30.1 Å². The summed E-state index contributed by atoms with van der Waals surface area (Å²) < 4.78 is 11.1. The summed E-state index contributed by atoms with van der Waals surface area (Å²) in [7, 11) is 0. The van der Waals surface area contributed by atoms with Crippen molar-refractivity contribution in [1.82, 2.24) is 0 Å². The van der Waals surface area contributed by atoms with E-state index in [1.165, 1.54) is 16.7 Å². The van der Waals surface area contributed by atoms with Gasteiger partial charge in [0, 0.05) is 11.0 Å². The molecule has 5 heteroatoms. The minimum atomic E-state index is -0.781. The summed E-state index contributed by atoms with van der Waals surface area (Å²) >= 11 is 0. The van der Waals surface area contributed by atoms with E-state index in [-0.39, 0.29) is 23.9 Å². The lowest BCUT2D eigenvalue weighted by atomic mass is 9.55. The van der Waals surface area contributed by atoms with Crippen LogP contribution in [0, 0.1) is 17.3 Å². The second-order valence-corrected chi connectivity index (χ2v) is 10.2. The van der Waals surface area contributed by atoms with Gasteiger partial charge >= 0.3 is 5.97 Å². The van der Waals surface area contributed by atoms with Crippen molar-refractivity contribution >= 4 is 11.8 Å². The summed E-state index contributed by atoms with van der Waals surface area (Å²) in [4.78, 5) is 25.5. The Labute approximate surface area is 197 Å². The average Bonchev–Trinajstić information content (AvgIpc) is 3.09. The summed E-state index contributed by atoms with van der Waals surface area (Å²) in [6.07, 6.45) is 7.34. The van der Waals surface area contributed by atoms with E-state index in [0.29, 0.717) is 18.3 Å². The number of Topliss-reactive ketones (excluding diaryl/α,β-unsaturated/α-hetero) is 1. The predicted molar refractivity (Wildman–Crippen MR) is 128 cm³/mol. The van der Waals surface area contributed by atoms with Crippen molar-refractivity contribution in [3.8, 4) is 5.75 Å². The van der Waals surface area contributed by atoms with E-state index in [4.69, 9.17) is 9.47 Å². The van der Waals surface area contributed by atoms with Crippen molar-refractivity contribution in [2.75, 3.05) is 13.2 Å². The first-order valence-corrected chi connectivity index (χ1v) is 12.8. The molecule has 180 valence electrons. The highest BCUT2D eigenvalue weighted by Crippen LogP contribution is 2.61. The molecule has 0 heterocycles. The Bertz CT molecular complexity index is 961. The summed E-state index contributed by atoms with van der Waals surface area (Å²) in [5.74, 6) is 0.654. The number of hydrogen-bond donors (Lipinski definition) is 1. The van der Waals surface area contributed by atoms with E-state index < -0.39 is 17.1 Å². The molecule has 0 aliphatic heterocycles. The van der Waals surface area contributed by atoms with Gasteiger partial charge in [-0.3, -0.25) is 4.79 Å². The first-order valence-electron chi connectivity index (χ1n) is 12.8. The number of aryl methyl sites for hydroxylation is 2. The predicted octanol–water partition coefficient (Wildman–Crippen LogP) is 5.84. The maximum Gasteiger partial charge on any atom is 0.373 e.